The average Bonchev–Trinajstić information content (AvgIpc) is 2.81. The van der Waals surface area contributed by atoms with Gasteiger partial charge in [0.15, 0.2) is 0 Å². The molecule has 1 unspecified atom stereocenters. The fourth-order valence-corrected chi connectivity index (χ4v) is 3.85. The first-order chi connectivity index (χ1) is 9.65. The van der Waals surface area contributed by atoms with Crippen molar-refractivity contribution >= 4 is 27.7 Å². The van der Waals surface area contributed by atoms with Gasteiger partial charge in [0.05, 0.1) is 22.4 Å². The summed E-state index contributed by atoms with van der Waals surface area (Å²) in [6.07, 6.45) is 1.88. The zero-order valence-corrected chi connectivity index (χ0v) is 14.5. The van der Waals surface area contributed by atoms with Crippen LogP contribution in [0.4, 0.5) is 0 Å². The van der Waals surface area contributed by atoms with Crippen LogP contribution in [0.1, 0.15) is 24.2 Å². The first-order valence-corrected chi connectivity index (χ1v) is 8.51. The van der Waals surface area contributed by atoms with Gasteiger partial charge in [0.25, 0.3) is 0 Å². The summed E-state index contributed by atoms with van der Waals surface area (Å²) < 4.78 is 3.12. The molecule has 5 heteroatoms. The number of halogens is 1. The highest BCUT2D eigenvalue weighted by Crippen LogP contribution is 2.29. The van der Waals surface area contributed by atoms with Gasteiger partial charge in [0.1, 0.15) is 0 Å². The van der Waals surface area contributed by atoms with Gasteiger partial charge in [-0.3, -0.25) is 4.68 Å². The Morgan fingerprint density at radius 3 is 2.90 bits per heavy atom. The van der Waals surface area contributed by atoms with Crippen LogP contribution in [0.15, 0.2) is 39.8 Å². The van der Waals surface area contributed by atoms with Crippen molar-refractivity contribution in [2.75, 3.05) is 12.8 Å². The molecular formula is C15H20BrN3S. The molecule has 1 N–H and O–H groups in total. The predicted molar refractivity (Wildman–Crippen MR) is 89.3 cm³/mol. The van der Waals surface area contributed by atoms with Crippen LogP contribution < -0.4 is 5.32 Å². The minimum Gasteiger partial charge on any atom is -0.311 e. The van der Waals surface area contributed by atoms with Gasteiger partial charge in [-0.1, -0.05) is 17.7 Å². The van der Waals surface area contributed by atoms with E-state index < -0.39 is 0 Å². The second kappa shape index (κ2) is 7.29. The number of nitrogens with zero attached hydrogens (tertiary/aromatic N) is 2. The van der Waals surface area contributed by atoms with Gasteiger partial charge in [-0.25, -0.2) is 0 Å². The quantitative estimate of drug-likeness (QED) is 0.795. The summed E-state index contributed by atoms with van der Waals surface area (Å²) in [6.45, 7) is 5.12. The molecule has 108 valence electrons. The average molecular weight is 354 g/mol. The Morgan fingerprint density at radius 1 is 1.45 bits per heavy atom. The molecule has 1 atom stereocenters. The number of hydrogen-bond acceptors (Lipinski definition) is 3. The summed E-state index contributed by atoms with van der Waals surface area (Å²) >= 11 is 5.47. The standard InChI is InChI=1S/C15H20BrN3S/c1-4-19-15(13(16)9-18-19)14(17-3)10-20-12-7-5-6-11(2)8-12/h5-9,14,17H,4,10H2,1-3H3. The molecule has 3 nitrogen and oxygen atoms in total. The lowest BCUT2D eigenvalue weighted by atomic mass is 10.2. The van der Waals surface area contributed by atoms with Crippen molar-refractivity contribution in [2.45, 2.75) is 31.3 Å². The van der Waals surface area contributed by atoms with Crippen LogP contribution >= 0.6 is 27.7 Å². The molecule has 2 aromatic rings. The van der Waals surface area contributed by atoms with Gasteiger partial charge in [-0.15, -0.1) is 11.8 Å². The zero-order chi connectivity index (χ0) is 14.5. The molecule has 2 rings (SSSR count). The largest absolute Gasteiger partial charge is 0.311 e. The van der Waals surface area contributed by atoms with Crippen LogP contribution in [0.2, 0.25) is 0 Å². The Bertz CT molecular complexity index is 568. The van der Waals surface area contributed by atoms with E-state index in [-0.39, 0.29) is 6.04 Å². The second-order valence-electron chi connectivity index (χ2n) is 4.66. The maximum Gasteiger partial charge on any atom is 0.0704 e. The van der Waals surface area contributed by atoms with Crippen LogP contribution in [0.5, 0.6) is 0 Å². The van der Waals surface area contributed by atoms with Crippen LogP contribution in [-0.2, 0) is 6.54 Å². The van der Waals surface area contributed by atoms with E-state index in [0.29, 0.717) is 0 Å². The Balaban J connectivity index is 2.11. The first kappa shape index (κ1) is 15.6. The number of thioether (sulfide) groups is 1. The fourth-order valence-electron chi connectivity index (χ4n) is 2.15. The van der Waals surface area contributed by atoms with E-state index in [1.54, 1.807) is 0 Å². The Kier molecular flexibility index (Phi) is 5.69. The highest BCUT2D eigenvalue weighted by Gasteiger charge is 2.18. The van der Waals surface area contributed by atoms with Crippen LogP contribution in [-0.4, -0.2) is 22.6 Å². The molecule has 0 saturated heterocycles. The van der Waals surface area contributed by atoms with E-state index in [0.717, 1.165) is 16.8 Å². The molecule has 0 amide bonds. The highest BCUT2D eigenvalue weighted by atomic mass is 79.9. The molecule has 0 saturated carbocycles. The van der Waals surface area contributed by atoms with E-state index in [9.17, 15) is 0 Å². The van der Waals surface area contributed by atoms with Gasteiger partial charge >= 0.3 is 0 Å². The smallest absolute Gasteiger partial charge is 0.0704 e. The van der Waals surface area contributed by atoms with E-state index in [2.05, 4.69) is 64.5 Å². The minimum absolute atomic E-state index is 0.275. The summed E-state index contributed by atoms with van der Waals surface area (Å²) in [6, 6.07) is 8.90. The van der Waals surface area contributed by atoms with Gasteiger partial charge in [0.2, 0.25) is 0 Å². The van der Waals surface area contributed by atoms with Gasteiger partial charge in [0, 0.05) is 17.2 Å². The van der Waals surface area contributed by atoms with Crippen molar-refractivity contribution in [3.05, 3.63) is 46.2 Å². The van der Waals surface area contributed by atoms with Crippen molar-refractivity contribution in [3.63, 3.8) is 0 Å². The minimum atomic E-state index is 0.275. The number of nitrogens with one attached hydrogen (secondary N) is 1. The molecule has 0 bridgehead atoms. The van der Waals surface area contributed by atoms with E-state index in [1.807, 2.05) is 29.7 Å². The Hall–Kier alpha value is -0.780. The van der Waals surface area contributed by atoms with E-state index in [4.69, 9.17) is 0 Å². The van der Waals surface area contributed by atoms with Crippen molar-refractivity contribution in [1.29, 1.82) is 0 Å². The molecule has 20 heavy (non-hydrogen) atoms. The molecule has 0 aliphatic heterocycles. The molecular weight excluding hydrogens is 334 g/mol. The SMILES string of the molecule is CCn1ncc(Br)c1C(CSc1cccc(C)c1)NC. The number of aromatic nitrogens is 2. The summed E-state index contributed by atoms with van der Waals surface area (Å²) in [5.41, 5.74) is 2.52. The maximum absolute atomic E-state index is 4.39. The first-order valence-electron chi connectivity index (χ1n) is 6.73. The number of aryl methyl sites for hydroxylation is 2. The molecule has 1 aromatic carbocycles. The lowest BCUT2D eigenvalue weighted by Gasteiger charge is -2.18. The molecule has 0 aliphatic rings. The van der Waals surface area contributed by atoms with Crippen LogP contribution in [0.25, 0.3) is 0 Å². The summed E-state index contributed by atoms with van der Waals surface area (Å²) in [5.74, 6) is 0.976. The van der Waals surface area contributed by atoms with Gasteiger partial charge in [-0.2, -0.15) is 5.10 Å². The third-order valence-corrected chi connectivity index (χ3v) is 4.92. The molecule has 0 fully saturated rings. The van der Waals surface area contributed by atoms with Crippen molar-refractivity contribution < 1.29 is 0 Å². The number of rotatable bonds is 6. The summed E-state index contributed by atoms with van der Waals surface area (Å²) in [5, 5.41) is 7.79. The zero-order valence-electron chi connectivity index (χ0n) is 12.1. The summed E-state index contributed by atoms with van der Waals surface area (Å²) in [4.78, 5) is 1.31. The van der Waals surface area contributed by atoms with Crippen LogP contribution in [0.3, 0.4) is 0 Å². The van der Waals surface area contributed by atoms with Crippen molar-refractivity contribution in [1.82, 2.24) is 15.1 Å². The van der Waals surface area contributed by atoms with E-state index in [1.165, 1.54) is 16.2 Å². The second-order valence-corrected chi connectivity index (χ2v) is 6.61. The summed E-state index contributed by atoms with van der Waals surface area (Å²) in [7, 11) is 2.00. The molecule has 1 aromatic heterocycles. The number of hydrogen-bond donors (Lipinski definition) is 1. The fraction of sp³-hybridized carbons (Fsp3) is 0.400. The molecule has 0 spiro atoms. The molecule has 0 aliphatic carbocycles. The van der Waals surface area contributed by atoms with Crippen LogP contribution in [0, 0.1) is 6.92 Å². The lowest BCUT2D eigenvalue weighted by molar-refractivity contribution is 0.547. The van der Waals surface area contributed by atoms with Crippen molar-refractivity contribution in [3.8, 4) is 0 Å². The number of benzene rings is 1. The van der Waals surface area contributed by atoms with E-state index >= 15 is 0 Å². The van der Waals surface area contributed by atoms with Gasteiger partial charge < -0.3 is 5.32 Å². The Labute approximate surface area is 133 Å². The highest BCUT2D eigenvalue weighted by molar-refractivity contribution is 9.10. The molecule has 0 radical (unpaired) electrons. The predicted octanol–water partition coefficient (Wildman–Crippen LogP) is 4.03. The molecule has 1 heterocycles. The van der Waals surface area contributed by atoms with Gasteiger partial charge in [-0.05, 0) is 49.0 Å². The third kappa shape index (κ3) is 3.65. The normalized spacial score (nSPS) is 12.6. The maximum atomic E-state index is 4.39. The van der Waals surface area contributed by atoms with Crippen molar-refractivity contribution in [2.24, 2.45) is 0 Å². The third-order valence-electron chi connectivity index (χ3n) is 3.22. The Morgan fingerprint density at radius 2 is 2.25 bits per heavy atom. The lowest BCUT2D eigenvalue weighted by Crippen LogP contribution is -2.22. The monoisotopic (exact) mass is 353 g/mol. The topological polar surface area (TPSA) is 29.9 Å².